The first kappa shape index (κ1) is 23.0. The van der Waals surface area contributed by atoms with E-state index < -0.39 is 11.8 Å². The van der Waals surface area contributed by atoms with Gasteiger partial charge in [-0.2, -0.15) is 5.10 Å². The fourth-order valence-corrected chi connectivity index (χ4v) is 2.98. The molecule has 9 heteroatoms. The van der Waals surface area contributed by atoms with Crippen LogP contribution in [0, 0.1) is 13.8 Å². The topological polar surface area (TPSA) is 109 Å². The van der Waals surface area contributed by atoms with E-state index in [0.29, 0.717) is 43.3 Å². The number of anilines is 1. The zero-order valence-electron chi connectivity index (χ0n) is 18.1. The van der Waals surface area contributed by atoms with Crippen LogP contribution in [0.4, 0.5) is 5.69 Å². The molecule has 1 aliphatic heterocycles. The summed E-state index contributed by atoms with van der Waals surface area (Å²) < 4.78 is 10.9. The monoisotopic (exact) mass is 438 g/mol. The van der Waals surface area contributed by atoms with Crippen molar-refractivity contribution in [3.8, 4) is 5.75 Å². The van der Waals surface area contributed by atoms with Crippen LogP contribution in [0.3, 0.4) is 0 Å². The van der Waals surface area contributed by atoms with Crippen LogP contribution in [0.15, 0.2) is 47.6 Å². The molecule has 1 heterocycles. The van der Waals surface area contributed by atoms with Gasteiger partial charge in [0.25, 0.3) is 5.91 Å². The fraction of sp³-hybridized carbons (Fsp3) is 0.304. The van der Waals surface area contributed by atoms with Gasteiger partial charge in [-0.05, 0) is 49.2 Å². The fourth-order valence-electron chi connectivity index (χ4n) is 2.98. The normalized spacial score (nSPS) is 13.6. The molecule has 0 saturated carbocycles. The summed E-state index contributed by atoms with van der Waals surface area (Å²) in [6.45, 7) is 5.89. The second-order valence-electron chi connectivity index (χ2n) is 7.27. The van der Waals surface area contributed by atoms with Crippen LogP contribution in [-0.2, 0) is 19.1 Å². The summed E-state index contributed by atoms with van der Waals surface area (Å²) >= 11 is 0. The molecule has 0 atom stereocenters. The van der Waals surface area contributed by atoms with E-state index in [4.69, 9.17) is 9.47 Å². The van der Waals surface area contributed by atoms with E-state index >= 15 is 0 Å². The van der Waals surface area contributed by atoms with Crippen LogP contribution in [0.25, 0.3) is 0 Å². The first-order valence-corrected chi connectivity index (χ1v) is 10.2. The largest absolute Gasteiger partial charge is 0.483 e. The Balaban J connectivity index is 1.53. The van der Waals surface area contributed by atoms with E-state index in [9.17, 15) is 14.4 Å². The zero-order valence-corrected chi connectivity index (χ0v) is 18.1. The Bertz CT molecular complexity index is 1020. The highest BCUT2D eigenvalue weighted by molar-refractivity contribution is 6.39. The molecule has 0 spiro atoms. The average molecular weight is 438 g/mol. The number of hydrazone groups is 1. The van der Waals surface area contributed by atoms with Gasteiger partial charge in [-0.25, -0.2) is 5.43 Å². The quantitative estimate of drug-likeness (QED) is 0.405. The molecule has 9 nitrogen and oxygen atoms in total. The number of hydrogen-bond acceptors (Lipinski definition) is 6. The summed E-state index contributed by atoms with van der Waals surface area (Å²) in [6, 6.07) is 12.3. The molecule has 0 unspecified atom stereocenters. The van der Waals surface area contributed by atoms with Crippen LogP contribution in [0.1, 0.15) is 16.7 Å². The molecule has 1 fully saturated rings. The highest BCUT2D eigenvalue weighted by Crippen LogP contribution is 2.16. The van der Waals surface area contributed by atoms with Crippen molar-refractivity contribution in [2.75, 3.05) is 38.2 Å². The Morgan fingerprint density at radius 1 is 1.06 bits per heavy atom. The van der Waals surface area contributed by atoms with Crippen LogP contribution >= 0.6 is 0 Å². The molecule has 0 radical (unpaired) electrons. The van der Waals surface area contributed by atoms with Crippen molar-refractivity contribution in [2.45, 2.75) is 13.8 Å². The molecule has 0 aliphatic carbocycles. The molecule has 1 saturated heterocycles. The summed E-state index contributed by atoms with van der Waals surface area (Å²) in [5.74, 6) is -1.42. The Kier molecular flexibility index (Phi) is 7.93. The molecule has 2 aromatic rings. The molecule has 2 N–H and O–H groups in total. The molecular formula is C23H26N4O5. The number of ether oxygens (including phenoxy) is 2. The van der Waals surface area contributed by atoms with Gasteiger partial charge in [0.15, 0.2) is 6.61 Å². The van der Waals surface area contributed by atoms with Crippen LogP contribution in [-0.4, -0.2) is 61.7 Å². The van der Waals surface area contributed by atoms with Crippen LogP contribution in [0.2, 0.25) is 0 Å². The second-order valence-corrected chi connectivity index (χ2v) is 7.27. The molecule has 0 bridgehead atoms. The summed E-state index contributed by atoms with van der Waals surface area (Å²) in [4.78, 5) is 38.1. The van der Waals surface area contributed by atoms with E-state index in [0.717, 1.165) is 11.1 Å². The molecular weight excluding hydrogens is 412 g/mol. The standard InChI is InChI=1S/C23H26N4O5/c1-16-7-8-19(13-17(16)2)25-22(29)23(30)26-24-14-18-5-3-4-6-20(18)32-15-21(28)27-9-11-31-12-10-27/h3-8,13-14H,9-12,15H2,1-2H3,(H,25,29)(H,26,30)/b24-14+. The molecule has 32 heavy (non-hydrogen) atoms. The van der Waals surface area contributed by atoms with Crippen molar-refractivity contribution in [1.82, 2.24) is 10.3 Å². The van der Waals surface area contributed by atoms with Crippen LogP contribution in [0.5, 0.6) is 5.75 Å². The second kappa shape index (κ2) is 11.1. The summed E-state index contributed by atoms with van der Waals surface area (Å²) in [7, 11) is 0. The van der Waals surface area contributed by atoms with Crippen LogP contribution < -0.4 is 15.5 Å². The third kappa shape index (κ3) is 6.39. The Hall–Kier alpha value is -3.72. The van der Waals surface area contributed by atoms with E-state index in [-0.39, 0.29) is 12.5 Å². The van der Waals surface area contributed by atoms with Gasteiger partial charge in [-0.15, -0.1) is 0 Å². The molecule has 2 aromatic carbocycles. The molecule has 0 aromatic heterocycles. The van der Waals surface area contributed by atoms with E-state index in [2.05, 4.69) is 15.8 Å². The van der Waals surface area contributed by atoms with Gasteiger partial charge in [-0.3, -0.25) is 14.4 Å². The Morgan fingerprint density at radius 2 is 1.81 bits per heavy atom. The minimum atomic E-state index is -0.902. The van der Waals surface area contributed by atoms with Gasteiger partial charge in [0.1, 0.15) is 5.75 Å². The average Bonchev–Trinajstić information content (AvgIpc) is 2.81. The van der Waals surface area contributed by atoms with Gasteiger partial charge < -0.3 is 19.7 Å². The van der Waals surface area contributed by atoms with E-state index in [1.54, 1.807) is 41.3 Å². The van der Waals surface area contributed by atoms with Crippen molar-refractivity contribution >= 4 is 29.6 Å². The Labute approximate surface area is 186 Å². The molecule has 1 aliphatic rings. The molecule has 168 valence electrons. The zero-order chi connectivity index (χ0) is 22.9. The number of hydrogen-bond donors (Lipinski definition) is 2. The van der Waals surface area contributed by atoms with Crippen molar-refractivity contribution in [3.63, 3.8) is 0 Å². The number of rotatable bonds is 6. The summed E-state index contributed by atoms with van der Waals surface area (Å²) in [5, 5.41) is 6.37. The third-order valence-corrected chi connectivity index (χ3v) is 4.97. The number of para-hydroxylation sites is 1. The highest BCUT2D eigenvalue weighted by atomic mass is 16.5. The SMILES string of the molecule is Cc1ccc(NC(=O)C(=O)N/N=C/c2ccccc2OCC(=O)N2CCOCC2)cc1C. The van der Waals surface area contributed by atoms with Gasteiger partial charge in [0, 0.05) is 24.3 Å². The van der Waals surface area contributed by atoms with Gasteiger partial charge in [0.05, 0.1) is 19.4 Å². The lowest BCUT2D eigenvalue weighted by atomic mass is 10.1. The van der Waals surface area contributed by atoms with E-state index in [1.165, 1.54) is 6.21 Å². The van der Waals surface area contributed by atoms with Gasteiger partial charge >= 0.3 is 11.8 Å². The number of aryl methyl sites for hydroxylation is 2. The third-order valence-electron chi connectivity index (χ3n) is 4.97. The number of nitrogens with one attached hydrogen (secondary N) is 2. The number of morpholine rings is 1. The van der Waals surface area contributed by atoms with Crippen molar-refractivity contribution in [2.24, 2.45) is 5.10 Å². The molecule has 3 amide bonds. The predicted molar refractivity (Wildman–Crippen MR) is 120 cm³/mol. The smallest absolute Gasteiger partial charge is 0.329 e. The number of carbonyl (C=O) groups is 3. The first-order chi connectivity index (χ1) is 15.4. The number of carbonyl (C=O) groups excluding carboxylic acids is 3. The highest BCUT2D eigenvalue weighted by Gasteiger charge is 2.17. The Morgan fingerprint density at radius 3 is 2.56 bits per heavy atom. The van der Waals surface area contributed by atoms with Gasteiger partial charge in [-0.1, -0.05) is 18.2 Å². The number of nitrogens with zero attached hydrogens (tertiary/aromatic N) is 2. The first-order valence-electron chi connectivity index (χ1n) is 10.2. The summed E-state index contributed by atoms with van der Waals surface area (Å²) in [5.41, 5.74) is 5.37. The maximum absolute atomic E-state index is 12.3. The maximum Gasteiger partial charge on any atom is 0.329 e. The lowest BCUT2D eigenvalue weighted by molar-refractivity contribution is -0.137. The number of benzene rings is 2. The minimum absolute atomic E-state index is 0.115. The minimum Gasteiger partial charge on any atom is -0.483 e. The van der Waals surface area contributed by atoms with E-state index in [1.807, 2.05) is 19.9 Å². The number of amides is 3. The van der Waals surface area contributed by atoms with Crippen molar-refractivity contribution in [3.05, 3.63) is 59.2 Å². The van der Waals surface area contributed by atoms with Crippen molar-refractivity contribution < 1.29 is 23.9 Å². The lowest BCUT2D eigenvalue weighted by Gasteiger charge is -2.26. The lowest BCUT2D eigenvalue weighted by Crippen LogP contribution is -2.43. The maximum atomic E-state index is 12.3. The molecule has 3 rings (SSSR count). The van der Waals surface area contributed by atoms with Gasteiger partial charge in [0.2, 0.25) is 0 Å². The predicted octanol–water partition coefficient (Wildman–Crippen LogP) is 1.63. The summed E-state index contributed by atoms with van der Waals surface area (Å²) in [6.07, 6.45) is 1.36. The van der Waals surface area contributed by atoms with Crippen molar-refractivity contribution in [1.29, 1.82) is 0 Å².